The number of nitrogens with one attached hydrogen (secondary N) is 1. The minimum atomic E-state index is -4.31. The molecule has 8 nitrogen and oxygen atoms in total. The first-order chi connectivity index (χ1) is 33.0. The molecule has 0 rings (SSSR count). The number of phosphoric ester groups is 1. The molecule has 406 valence electrons. The molecule has 0 aromatic heterocycles. The monoisotopic (exact) mass is 984 g/mol. The molecule has 0 aromatic carbocycles. The fraction of sp³-hybridized carbons (Fsp3) is 0.949. The van der Waals surface area contributed by atoms with Crippen LogP contribution < -0.4 is 5.32 Å². The number of hydrogen-bond acceptors (Lipinski definition) is 5. The van der Waals surface area contributed by atoms with Crippen molar-refractivity contribution in [1.29, 1.82) is 0 Å². The van der Waals surface area contributed by atoms with Crippen LogP contribution in [0, 0.1) is 0 Å². The molecule has 0 aliphatic rings. The average Bonchev–Trinajstić information content (AvgIpc) is 3.30. The molecule has 3 unspecified atom stereocenters. The number of carbonyl (C=O) groups excluding carboxylic acids is 1. The third kappa shape index (κ3) is 53.0. The van der Waals surface area contributed by atoms with E-state index in [9.17, 15) is 19.4 Å². The van der Waals surface area contributed by atoms with Crippen LogP contribution in [-0.2, 0) is 18.4 Å². The molecule has 0 spiro atoms. The predicted octanol–water partition coefficient (Wildman–Crippen LogP) is 18.2. The molecule has 0 fully saturated rings. The molecule has 3 atom stereocenters. The second-order valence-electron chi connectivity index (χ2n) is 22.1. The lowest BCUT2D eigenvalue weighted by Crippen LogP contribution is -2.46. The highest BCUT2D eigenvalue weighted by Gasteiger charge is 2.28. The standard InChI is InChI=1S/C59H119N2O6P/c1-6-8-10-12-14-16-18-19-20-21-22-23-24-25-26-27-28-29-30-31-32-33-34-35-36-37-38-39-40-41-43-45-47-49-51-53-59(63)60-57(56-67-68(64,65)66-55-54-61(3,4)5)58(62)52-50-48-46-44-42-17-15-13-11-9-7-2/h27-28,57-58,62H,6-26,29-56H2,1-5H3,(H-,60,63,64,65)/p+1/b28-27-. The normalized spacial score (nSPS) is 13.9. The summed E-state index contributed by atoms with van der Waals surface area (Å²) in [4.78, 5) is 23.3. The Hall–Kier alpha value is -0.760. The largest absolute Gasteiger partial charge is 0.472 e. The van der Waals surface area contributed by atoms with Gasteiger partial charge in [-0.3, -0.25) is 13.8 Å². The van der Waals surface area contributed by atoms with Crippen LogP contribution in [0.15, 0.2) is 12.2 Å². The third-order valence-corrected chi connectivity index (χ3v) is 15.0. The Bertz CT molecular complexity index is 1120. The lowest BCUT2D eigenvalue weighted by atomic mass is 10.0. The highest BCUT2D eigenvalue weighted by atomic mass is 31.2. The van der Waals surface area contributed by atoms with Crippen LogP contribution in [0.1, 0.15) is 309 Å². The Balaban J connectivity index is 3.87. The summed E-state index contributed by atoms with van der Waals surface area (Å²) in [5, 5.41) is 14.0. The zero-order chi connectivity index (χ0) is 49.9. The number of amides is 1. The van der Waals surface area contributed by atoms with E-state index < -0.39 is 20.0 Å². The van der Waals surface area contributed by atoms with E-state index in [-0.39, 0.29) is 19.1 Å². The Labute approximate surface area is 424 Å². The first kappa shape index (κ1) is 67.2. The lowest BCUT2D eigenvalue weighted by Gasteiger charge is -2.26. The number of unbranched alkanes of at least 4 members (excludes halogenated alkanes) is 41. The van der Waals surface area contributed by atoms with E-state index in [1.165, 1.54) is 244 Å². The summed E-state index contributed by atoms with van der Waals surface area (Å²) in [6.45, 7) is 4.91. The summed E-state index contributed by atoms with van der Waals surface area (Å²) in [5.41, 5.74) is 0. The maximum atomic E-state index is 13.0. The van der Waals surface area contributed by atoms with Gasteiger partial charge in [0.1, 0.15) is 13.2 Å². The van der Waals surface area contributed by atoms with Gasteiger partial charge in [-0.05, 0) is 38.5 Å². The fourth-order valence-corrected chi connectivity index (χ4v) is 10.0. The number of allylic oxidation sites excluding steroid dienone is 2. The summed E-state index contributed by atoms with van der Waals surface area (Å²) in [7, 11) is 1.63. The van der Waals surface area contributed by atoms with Gasteiger partial charge >= 0.3 is 7.82 Å². The number of phosphoric acid groups is 1. The van der Waals surface area contributed by atoms with E-state index in [2.05, 4.69) is 31.3 Å². The third-order valence-electron chi connectivity index (χ3n) is 14.0. The molecule has 0 saturated heterocycles. The molecule has 9 heteroatoms. The molecular weight excluding hydrogens is 864 g/mol. The molecule has 0 radical (unpaired) electrons. The average molecular weight is 985 g/mol. The fourth-order valence-electron chi connectivity index (χ4n) is 9.28. The topological polar surface area (TPSA) is 105 Å². The lowest BCUT2D eigenvalue weighted by molar-refractivity contribution is -0.870. The van der Waals surface area contributed by atoms with Gasteiger partial charge in [0.05, 0.1) is 39.9 Å². The second-order valence-corrected chi connectivity index (χ2v) is 23.5. The number of nitrogens with zero attached hydrogens (tertiary/aromatic N) is 1. The quantitative estimate of drug-likeness (QED) is 0.0243. The van der Waals surface area contributed by atoms with Crippen molar-refractivity contribution >= 4 is 13.7 Å². The van der Waals surface area contributed by atoms with Gasteiger partial charge in [-0.1, -0.05) is 276 Å². The minimum Gasteiger partial charge on any atom is -0.391 e. The summed E-state index contributed by atoms with van der Waals surface area (Å²) in [5.74, 6) is -0.140. The SMILES string of the molecule is CCCCCCCCCCCCCCCC/C=C\CCCCCCCCCCCCCCCCCCCC(=O)NC(COP(=O)(O)OCC[N+](C)(C)C)C(O)CCCCCCCCCCCCC. The highest BCUT2D eigenvalue weighted by molar-refractivity contribution is 7.47. The van der Waals surface area contributed by atoms with E-state index in [4.69, 9.17) is 9.05 Å². The maximum absolute atomic E-state index is 13.0. The van der Waals surface area contributed by atoms with Gasteiger partial charge in [0, 0.05) is 6.42 Å². The van der Waals surface area contributed by atoms with E-state index in [0.717, 1.165) is 38.5 Å². The van der Waals surface area contributed by atoms with Crippen LogP contribution in [0.4, 0.5) is 0 Å². The van der Waals surface area contributed by atoms with Crippen LogP contribution in [-0.4, -0.2) is 73.4 Å². The maximum Gasteiger partial charge on any atom is 0.472 e. The molecule has 0 aromatic rings. The predicted molar refractivity (Wildman–Crippen MR) is 295 cm³/mol. The van der Waals surface area contributed by atoms with Crippen molar-refractivity contribution in [3.63, 3.8) is 0 Å². The molecule has 68 heavy (non-hydrogen) atoms. The zero-order valence-corrected chi connectivity index (χ0v) is 47.3. The van der Waals surface area contributed by atoms with Crippen molar-refractivity contribution in [2.24, 2.45) is 0 Å². The molecule has 1 amide bonds. The number of quaternary nitrogens is 1. The van der Waals surface area contributed by atoms with Crippen LogP contribution in [0.25, 0.3) is 0 Å². The zero-order valence-electron chi connectivity index (χ0n) is 46.4. The summed E-state index contributed by atoms with van der Waals surface area (Å²) < 4.78 is 23.7. The minimum absolute atomic E-state index is 0.0775. The van der Waals surface area contributed by atoms with Gasteiger partial charge < -0.3 is 19.8 Å². The first-order valence-corrected chi connectivity index (χ1v) is 31.5. The molecule has 0 saturated carbocycles. The Morgan fingerprint density at radius 2 is 0.794 bits per heavy atom. The number of likely N-dealkylation sites (N-methyl/N-ethyl adjacent to an activating group) is 1. The van der Waals surface area contributed by atoms with Crippen molar-refractivity contribution in [1.82, 2.24) is 5.32 Å². The van der Waals surface area contributed by atoms with Crippen molar-refractivity contribution in [2.75, 3.05) is 40.9 Å². The first-order valence-electron chi connectivity index (χ1n) is 30.1. The van der Waals surface area contributed by atoms with Crippen molar-refractivity contribution in [3.05, 3.63) is 12.2 Å². The number of aliphatic hydroxyl groups is 1. The molecule has 0 bridgehead atoms. The number of hydrogen-bond donors (Lipinski definition) is 3. The van der Waals surface area contributed by atoms with Gasteiger partial charge in [-0.2, -0.15) is 0 Å². The van der Waals surface area contributed by atoms with Crippen LogP contribution in [0.2, 0.25) is 0 Å². The van der Waals surface area contributed by atoms with E-state index in [0.29, 0.717) is 23.9 Å². The van der Waals surface area contributed by atoms with Gasteiger partial charge in [0.25, 0.3) is 0 Å². The summed E-state index contributed by atoms with van der Waals surface area (Å²) >= 11 is 0. The number of aliphatic hydroxyl groups excluding tert-OH is 1. The summed E-state index contributed by atoms with van der Waals surface area (Å²) in [6, 6.07) is -0.755. The van der Waals surface area contributed by atoms with Crippen molar-refractivity contribution < 1.29 is 32.9 Å². The van der Waals surface area contributed by atoms with Crippen LogP contribution in [0.3, 0.4) is 0 Å². The Kier molecular flexibility index (Phi) is 50.6. The van der Waals surface area contributed by atoms with E-state index in [1.807, 2.05) is 21.1 Å². The van der Waals surface area contributed by atoms with Gasteiger partial charge in [-0.25, -0.2) is 4.57 Å². The molecule has 0 aliphatic heterocycles. The van der Waals surface area contributed by atoms with E-state index in [1.54, 1.807) is 0 Å². The van der Waals surface area contributed by atoms with Crippen LogP contribution in [0.5, 0.6) is 0 Å². The van der Waals surface area contributed by atoms with Crippen molar-refractivity contribution in [2.45, 2.75) is 321 Å². The molecule has 0 aliphatic carbocycles. The highest BCUT2D eigenvalue weighted by Crippen LogP contribution is 2.43. The van der Waals surface area contributed by atoms with Crippen molar-refractivity contribution in [3.8, 4) is 0 Å². The Morgan fingerprint density at radius 3 is 1.13 bits per heavy atom. The Morgan fingerprint density at radius 1 is 0.485 bits per heavy atom. The molecule has 3 N–H and O–H groups in total. The molecule has 0 heterocycles. The van der Waals surface area contributed by atoms with Gasteiger partial charge in [0.15, 0.2) is 0 Å². The number of rotatable bonds is 56. The number of carbonyl (C=O) groups is 1. The van der Waals surface area contributed by atoms with Gasteiger partial charge in [0.2, 0.25) is 5.91 Å². The van der Waals surface area contributed by atoms with Gasteiger partial charge in [-0.15, -0.1) is 0 Å². The second kappa shape index (κ2) is 51.2. The summed E-state index contributed by atoms with van der Waals surface area (Å²) in [6.07, 6.45) is 63.0. The van der Waals surface area contributed by atoms with E-state index >= 15 is 0 Å². The molecular formula is C59H120N2O6P+. The smallest absolute Gasteiger partial charge is 0.391 e. The van der Waals surface area contributed by atoms with Crippen LogP contribution >= 0.6 is 7.82 Å².